The van der Waals surface area contributed by atoms with Crippen molar-refractivity contribution in [2.24, 2.45) is 5.92 Å². The fourth-order valence-corrected chi connectivity index (χ4v) is 5.64. The Hall–Kier alpha value is -3.13. The van der Waals surface area contributed by atoms with Crippen molar-refractivity contribution in [3.63, 3.8) is 0 Å². The van der Waals surface area contributed by atoms with E-state index in [0.717, 1.165) is 18.4 Å². The number of rotatable bonds is 7. The van der Waals surface area contributed by atoms with E-state index in [1.54, 1.807) is 19.1 Å². The maximum Gasteiger partial charge on any atom is 0.305 e. The van der Waals surface area contributed by atoms with Crippen molar-refractivity contribution < 1.29 is 14.3 Å². The van der Waals surface area contributed by atoms with Gasteiger partial charge in [-0.15, -0.1) is 0 Å². The van der Waals surface area contributed by atoms with Crippen LogP contribution >= 0.6 is 0 Å². The average Bonchev–Trinajstić information content (AvgIpc) is 3.43. The number of hydrogen-bond donors (Lipinski definition) is 1. The lowest BCUT2D eigenvalue weighted by Gasteiger charge is -2.19. The molecule has 5 nitrogen and oxygen atoms in total. The monoisotopic (exact) mass is 444 g/mol. The maximum absolute atomic E-state index is 13.4. The van der Waals surface area contributed by atoms with Crippen LogP contribution in [0.1, 0.15) is 74.3 Å². The zero-order valence-electron chi connectivity index (χ0n) is 20.0. The summed E-state index contributed by atoms with van der Waals surface area (Å²) in [4.78, 5) is 25.1. The van der Waals surface area contributed by atoms with Crippen molar-refractivity contribution in [1.29, 1.82) is 5.26 Å². The minimum absolute atomic E-state index is 0.0156. The second-order valence-corrected chi connectivity index (χ2v) is 10.2. The lowest BCUT2D eigenvalue weighted by atomic mass is 9.85. The molecule has 1 N–H and O–H groups in total. The molecule has 33 heavy (non-hydrogen) atoms. The van der Waals surface area contributed by atoms with Crippen LogP contribution in [0.15, 0.2) is 36.4 Å². The van der Waals surface area contributed by atoms with Gasteiger partial charge in [0, 0.05) is 23.4 Å². The molecular weight excluding hydrogens is 412 g/mol. The number of aryl methyl sites for hydroxylation is 2. The highest BCUT2D eigenvalue weighted by atomic mass is 16.5. The number of amides is 1. The third kappa shape index (κ3) is 4.39. The standard InChI is InChI=1S/C28H32N2O3/c1-5-33-25(31)8-6-7-20-11-10-19(16-29)14-24(20)30-26(32)23-15-28(23)17-27(3,4)21-12-9-18(2)13-22(21)28/h9-14,23H,5-8,15,17H2,1-4H3,(H,30,32). The molecule has 2 aromatic carbocycles. The third-order valence-electron chi connectivity index (χ3n) is 7.22. The number of nitriles is 1. The molecule has 0 bridgehead atoms. The van der Waals surface area contributed by atoms with Crippen LogP contribution in [0.25, 0.3) is 0 Å². The van der Waals surface area contributed by atoms with Crippen LogP contribution in [-0.2, 0) is 31.6 Å². The second-order valence-electron chi connectivity index (χ2n) is 10.2. The first-order valence-electron chi connectivity index (χ1n) is 11.8. The second kappa shape index (κ2) is 8.67. The fourth-order valence-electron chi connectivity index (χ4n) is 5.64. The van der Waals surface area contributed by atoms with E-state index in [9.17, 15) is 14.9 Å². The van der Waals surface area contributed by atoms with E-state index in [1.807, 2.05) is 6.07 Å². The summed E-state index contributed by atoms with van der Waals surface area (Å²) >= 11 is 0. The van der Waals surface area contributed by atoms with E-state index in [-0.39, 0.29) is 28.6 Å². The number of ether oxygens (including phenoxy) is 1. The summed E-state index contributed by atoms with van der Waals surface area (Å²) < 4.78 is 5.01. The number of anilines is 1. The van der Waals surface area contributed by atoms with Gasteiger partial charge in [0.15, 0.2) is 0 Å². The molecule has 0 radical (unpaired) electrons. The predicted octanol–water partition coefficient (Wildman–Crippen LogP) is 5.33. The molecule has 4 rings (SSSR count). The number of hydrogen-bond acceptors (Lipinski definition) is 4. The zero-order chi connectivity index (χ0) is 23.8. The van der Waals surface area contributed by atoms with E-state index in [2.05, 4.69) is 50.4 Å². The Labute approximate surface area is 196 Å². The van der Waals surface area contributed by atoms with E-state index < -0.39 is 0 Å². The molecule has 1 spiro atoms. The smallest absolute Gasteiger partial charge is 0.305 e. The van der Waals surface area contributed by atoms with Crippen LogP contribution in [0.4, 0.5) is 5.69 Å². The SMILES string of the molecule is CCOC(=O)CCCc1ccc(C#N)cc1NC(=O)C1CC12CC(C)(C)c1ccc(C)cc12. The number of fused-ring (bicyclic) bond motifs is 2. The number of nitrogens with one attached hydrogen (secondary N) is 1. The quantitative estimate of drug-likeness (QED) is 0.586. The summed E-state index contributed by atoms with van der Waals surface area (Å²) in [6.45, 7) is 8.80. The molecule has 0 aromatic heterocycles. The number of carbonyl (C=O) groups is 2. The Bertz CT molecular complexity index is 1140. The topological polar surface area (TPSA) is 79.2 Å². The molecule has 1 saturated carbocycles. The largest absolute Gasteiger partial charge is 0.466 e. The number of benzene rings is 2. The number of esters is 1. The molecule has 2 aliphatic carbocycles. The molecule has 0 saturated heterocycles. The minimum Gasteiger partial charge on any atom is -0.466 e. The van der Waals surface area contributed by atoms with Gasteiger partial charge in [-0.05, 0) is 73.8 Å². The molecule has 2 aromatic rings. The van der Waals surface area contributed by atoms with Crippen molar-refractivity contribution in [2.45, 2.75) is 70.6 Å². The van der Waals surface area contributed by atoms with E-state index in [1.165, 1.54) is 16.7 Å². The van der Waals surface area contributed by atoms with Gasteiger partial charge in [0.1, 0.15) is 0 Å². The highest BCUT2D eigenvalue weighted by Crippen LogP contribution is 2.66. The van der Waals surface area contributed by atoms with E-state index in [0.29, 0.717) is 37.1 Å². The van der Waals surface area contributed by atoms with Crippen molar-refractivity contribution in [3.8, 4) is 6.07 Å². The van der Waals surface area contributed by atoms with Gasteiger partial charge in [0.25, 0.3) is 0 Å². The van der Waals surface area contributed by atoms with Gasteiger partial charge in [-0.2, -0.15) is 5.26 Å². The van der Waals surface area contributed by atoms with Crippen LogP contribution in [0.5, 0.6) is 0 Å². The molecule has 5 heteroatoms. The summed E-state index contributed by atoms with van der Waals surface area (Å²) in [7, 11) is 0. The van der Waals surface area contributed by atoms with Crippen molar-refractivity contribution >= 4 is 17.6 Å². The van der Waals surface area contributed by atoms with E-state index in [4.69, 9.17) is 4.74 Å². The van der Waals surface area contributed by atoms with E-state index >= 15 is 0 Å². The summed E-state index contributed by atoms with van der Waals surface area (Å²) in [6.07, 6.45) is 3.42. The minimum atomic E-state index is -0.213. The maximum atomic E-state index is 13.4. The number of carbonyl (C=O) groups excluding carboxylic acids is 2. The third-order valence-corrected chi connectivity index (χ3v) is 7.22. The summed E-state index contributed by atoms with van der Waals surface area (Å²) in [6, 6.07) is 14.2. The molecule has 172 valence electrons. The molecule has 1 fully saturated rings. The van der Waals surface area contributed by atoms with Gasteiger partial charge >= 0.3 is 5.97 Å². The average molecular weight is 445 g/mol. The summed E-state index contributed by atoms with van der Waals surface area (Å²) in [5.41, 5.74) is 5.98. The van der Waals surface area contributed by atoms with Crippen LogP contribution in [0, 0.1) is 24.2 Å². The predicted molar refractivity (Wildman–Crippen MR) is 128 cm³/mol. The molecule has 2 atom stereocenters. The first-order chi connectivity index (χ1) is 15.7. The Kier molecular flexibility index (Phi) is 6.05. The molecule has 2 aliphatic rings. The van der Waals surface area contributed by atoms with Crippen molar-refractivity contribution in [3.05, 3.63) is 64.2 Å². The Morgan fingerprint density at radius 3 is 2.70 bits per heavy atom. The Balaban J connectivity index is 1.51. The molecule has 1 amide bonds. The lowest BCUT2D eigenvalue weighted by Crippen LogP contribution is -2.22. The fraction of sp³-hybridized carbons (Fsp3) is 0.464. The summed E-state index contributed by atoms with van der Waals surface area (Å²) in [5, 5.41) is 12.5. The van der Waals surface area contributed by atoms with Crippen molar-refractivity contribution in [1.82, 2.24) is 0 Å². The van der Waals surface area contributed by atoms with Gasteiger partial charge in [0.05, 0.1) is 18.2 Å². The number of nitrogens with zero attached hydrogens (tertiary/aromatic N) is 1. The zero-order valence-corrected chi connectivity index (χ0v) is 20.0. The molecule has 0 heterocycles. The highest BCUT2D eigenvalue weighted by molar-refractivity contribution is 5.97. The summed E-state index contributed by atoms with van der Waals surface area (Å²) in [5.74, 6) is -0.269. The Morgan fingerprint density at radius 2 is 1.97 bits per heavy atom. The first-order valence-corrected chi connectivity index (χ1v) is 11.8. The van der Waals surface area contributed by atoms with Gasteiger partial charge in [-0.25, -0.2) is 0 Å². The highest BCUT2D eigenvalue weighted by Gasteiger charge is 2.65. The molecule has 0 aliphatic heterocycles. The van der Waals surface area contributed by atoms with Gasteiger partial charge < -0.3 is 10.1 Å². The van der Waals surface area contributed by atoms with Gasteiger partial charge in [0.2, 0.25) is 5.91 Å². The van der Waals surface area contributed by atoms with Crippen LogP contribution in [0.2, 0.25) is 0 Å². The normalized spacial score (nSPS) is 21.8. The van der Waals surface area contributed by atoms with Crippen molar-refractivity contribution in [2.75, 3.05) is 11.9 Å². The lowest BCUT2D eigenvalue weighted by molar-refractivity contribution is -0.143. The van der Waals surface area contributed by atoms with Crippen LogP contribution in [-0.4, -0.2) is 18.5 Å². The first kappa shape index (κ1) is 23.0. The van der Waals surface area contributed by atoms with Crippen LogP contribution in [0.3, 0.4) is 0 Å². The molecule has 2 unspecified atom stereocenters. The van der Waals surface area contributed by atoms with Crippen LogP contribution < -0.4 is 5.32 Å². The molecular formula is C28H32N2O3. The van der Waals surface area contributed by atoms with Gasteiger partial charge in [-0.3, -0.25) is 9.59 Å². The van der Waals surface area contributed by atoms with Gasteiger partial charge in [-0.1, -0.05) is 43.7 Å². The Morgan fingerprint density at radius 1 is 1.18 bits per heavy atom.